The molecule has 1 rings (SSSR count). The predicted molar refractivity (Wildman–Crippen MR) is 71.2 cm³/mol. The molecule has 0 unspecified atom stereocenters. The molecule has 20 heavy (non-hydrogen) atoms. The minimum atomic E-state index is -3.11. The second kappa shape index (κ2) is 8.14. The van der Waals surface area contributed by atoms with E-state index in [-0.39, 0.29) is 12.5 Å². The van der Waals surface area contributed by atoms with Crippen molar-refractivity contribution in [3.8, 4) is 0 Å². The molecule has 0 aromatic heterocycles. The van der Waals surface area contributed by atoms with Crippen molar-refractivity contribution in [2.24, 2.45) is 11.7 Å². The van der Waals surface area contributed by atoms with Crippen LogP contribution in [0.5, 0.6) is 0 Å². The lowest BCUT2D eigenvalue weighted by atomic mass is 9.87. The van der Waals surface area contributed by atoms with Gasteiger partial charge in [-0.2, -0.15) is 0 Å². The number of carbonyl (C=O) groups excluding carboxylic acids is 2. The SMILES string of the molecule is NCC(F)(F)CNC(=O)CNC(=O)CC1CCCCC1. The highest BCUT2D eigenvalue weighted by Crippen LogP contribution is 2.25. The molecule has 0 radical (unpaired) electrons. The fourth-order valence-corrected chi connectivity index (χ4v) is 2.27. The molecule has 0 aliphatic heterocycles. The van der Waals surface area contributed by atoms with E-state index >= 15 is 0 Å². The van der Waals surface area contributed by atoms with E-state index in [1.165, 1.54) is 6.42 Å². The van der Waals surface area contributed by atoms with Crippen LogP contribution < -0.4 is 16.4 Å². The number of carbonyl (C=O) groups is 2. The van der Waals surface area contributed by atoms with Gasteiger partial charge < -0.3 is 16.4 Å². The summed E-state index contributed by atoms with van der Waals surface area (Å²) in [6.45, 7) is -1.89. The average molecular weight is 291 g/mol. The zero-order valence-electron chi connectivity index (χ0n) is 11.6. The number of nitrogens with one attached hydrogen (secondary N) is 2. The Labute approximate surface area is 117 Å². The van der Waals surface area contributed by atoms with Crippen LogP contribution in [0.1, 0.15) is 38.5 Å². The molecule has 4 N–H and O–H groups in total. The number of rotatable bonds is 7. The predicted octanol–water partition coefficient (Wildman–Crippen LogP) is 0.783. The van der Waals surface area contributed by atoms with E-state index in [4.69, 9.17) is 5.73 Å². The molecule has 0 spiro atoms. The van der Waals surface area contributed by atoms with Crippen LogP contribution in [0.4, 0.5) is 8.78 Å². The monoisotopic (exact) mass is 291 g/mol. The topological polar surface area (TPSA) is 84.2 Å². The maximum Gasteiger partial charge on any atom is 0.277 e. The third kappa shape index (κ3) is 6.79. The van der Waals surface area contributed by atoms with Crippen molar-refractivity contribution in [3.63, 3.8) is 0 Å². The fraction of sp³-hybridized carbons (Fsp3) is 0.846. The first kappa shape index (κ1) is 16.8. The lowest BCUT2D eigenvalue weighted by molar-refractivity contribution is -0.127. The number of hydrogen-bond acceptors (Lipinski definition) is 3. The molecular formula is C13H23F2N3O2. The summed E-state index contributed by atoms with van der Waals surface area (Å²) in [7, 11) is 0. The summed E-state index contributed by atoms with van der Waals surface area (Å²) in [5, 5.41) is 4.51. The zero-order chi connectivity index (χ0) is 15.0. The Morgan fingerprint density at radius 3 is 2.35 bits per heavy atom. The molecule has 0 aromatic rings. The molecule has 0 atom stereocenters. The van der Waals surface area contributed by atoms with Crippen molar-refractivity contribution in [2.45, 2.75) is 44.4 Å². The Morgan fingerprint density at radius 1 is 1.10 bits per heavy atom. The lowest BCUT2D eigenvalue weighted by Crippen LogP contribution is -2.45. The van der Waals surface area contributed by atoms with Crippen LogP contribution in [0, 0.1) is 5.92 Å². The largest absolute Gasteiger partial charge is 0.348 e. The van der Waals surface area contributed by atoms with Crippen molar-refractivity contribution in [1.29, 1.82) is 0 Å². The van der Waals surface area contributed by atoms with Crippen molar-refractivity contribution in [2.75, 3.05) is 19.6 Å². The van der Waals surface area contributed by atoms with E-state index in [0.717, 1.165) is 25.7 Å². The molecule has 2 amide bonds. The fourth-order valence-electron chi connectivity index (χ4n) is 2.27. The smallest absolute Gasteiger partial charge is 0.277 e. The first-order valence-electron chi connectivity index (χ1n) is 7.04. The second-order valence-electron chi connectivity index (χ2n) is 5.32. The van der Waals surface area contributed by atoms with Gasteiger partial charge in [-0.15, -0.1) is 0 Å². The minimum absolute atomic E-state index is 0.197. The Kier molecular flexibility index (Phi) is 6.84. The first-order chi connectivity index (χ1) is 9.43. The van der Waals surface area contributed by atoms with Gasteiger partial charge in [0.15, 0.2) is 0 Å². The summed E-state index contributed by atoms with van der Waals surface area (Å²) < 4.78 is 25.6. The van der Waals surface area contributed by atoms with Crippen LogP contribution >= 0.6 is 0 Å². The van der Waals surface area contributed by atoms with E-state index in [9.17, 15) is 18.4 Å². The van der Waals surface area contributed by atoms with Crippen molar-refractivity contribution >= 4 is 11.8 Å². The maximum atomic E-state index is 12.8. The Morgan fingerprint density at radius 2 is 1.75 bits per heavy atom. The number of alkyl halides is 2. The molecule has 1 aliphatic carbocycles. The molecule has 5 nitrogen and oxygen atoms in total. The summed E-state index contributed by atoms with van der Waals surface area (Å²) >= 11 is 0. The molecule has 7 heteroatoms. The Balaban J connectivity index is 2.15. The molecule has 0 saturated heterocycles. The molecule has 1 fully saturated rings. The third-order valence-corrected chi connectivity index (χ3v) is 3.49. The summed E-state index contributed by atoms with van der Waals surface area (Å²) in [5.41, 5.74) is 4.85. The third-order valence-electron chi connectivity index (χ3n) is 3.49. The normalized spacial score (nSPS) is 16.8. The number of nitrogens with two attached hydrogens (primary N) is 1. The van der Waals surface area contributed by atoms with E-state index in [1.807, 2.05) is 5.32 Å². The van der Waals surface area contributed by atoms with E-state index < -0.39 is 24.9 Å². The number of halogens is 2. The maximum absolute atomic E-state index is 12.8. The van der Waals surface area contributed by atoms with Gasteiger partial charge >= 0.3 is 0 Å². The van der Waals surface area contributed by atoms with Gasteiger partial charge in [0.05, 0.1) is 19.6 Å². The Bertz CT molecular complexity index is 332. The first-order valence-corrected chi connectivity index (χ1v) is 7.04. The quantitative estimate of drug-likeness (QED) is 0.648. The van der Waals surface area contributed by atoms with Gasteiger partial charge in [-0.1, -0.05) is 19.3 Å². The highest BCUT2D eigenvalue weighted by molar-refractivity contribution is 5.84. The van der Waals surface area contributed by atoms with E-state index in [1.54, 1.807) is 0 Å². The van der Waals surface area contributed by atoms with Crippen molar-refractivity contribution < 1.29 is 18.4 Å². The van der Waals surface area contributed by atoms with Crippen LogP contribution in [-0.4, -0.2) is 37.4 Å². The van der Waals surface area contributed by atoms with Crippen LogP contribution in [0.2, 0.25) is 0 Å². The van der Waals surface area contributed by atoms with Gasteiger partial charge in [0.1, 0.15) is 0 Å². The molecule has 1 aliphatic rings. The van der Waals surface area contributed by atoms with E-state index in [2.05, 4.69) is 5.32 Å². The minimum Gasteiger partial charge on any atom is -0.348 e. The molecule has 0 aromatic carbocycles. The van der Waals surface area contributed by atoms with Crippen molar-refractivity contribution in [1.82, 2.24) is 10.6 Å². The highest BCUT2D eigenvalue weighted by Gasteiger charge is 2.27. The average Bonchev–Trinajstić information content (AvgIpc) is 2.44. The second-order valence-corrected chi connectivity index (χ2v) is 5.32. The zero-order valence-corrected chi connectivity index (χ0v) is 11.6. The summed E-state index contributed by atoms with van der Waals surface area (Å²) in [6.07, 6.45) is 6.01. The summed E-state index contributed by atoms with van der Waals surface area (Å²) in [6, 6.07) is 0. The van der Waals surface area contributed by atoms with Crippen LogP contribution in [0.3, 0.4) is 0 Å². The highest BCUT2D eigenvalue weighted by atomic mass is 19.3. The molecule has 0 bridgehead atoms. The number of amides is 2. The van der Waals surface area contributed by atoms with Gasteiger partial charge in [0, 0.05) is 6.42 Å². The molecule has 1 saturated carbocycles. The van der Waals surface area contributed by atoms with Gasteiger partial charge in [-0.3, -0.25) is 9.59 Å². The number of hydrogen-bond donors (Lipinski definition) is 3. The van der Waals surface area contributed by atoms with Crippen LogP contribution in [-0.2, 0) is 9.59 Å². The molecular weight excluding hydrogens is 268 g/mol. The van der Waals surface area contributed by atoms with Gasteiger partial charge in [-0.05, 0) is 18.8 Å². The van der Waals surface area contributed by atoms with E-state index in [0.29, 0.717) is 12.3 Å². The van der Waals surface area contributed by atoms with Crippen LogP contribution in [0.15, 0.2) is 0 Å². The van der Waals surface area contributed by atoms with Gasteiger partial charge in [-0.25, -0.2) is 8.78 Å². The molecule has 116 valence electrons. The van der Waals surface area contributed by atoms with Gasteiger partial charge in [0.25, 0.3) is 5.92 Å². The summed E-state index contributed by atoms with van der Waals surface area (Å²) in [5.74, 6) is -3.55. The standard InChI is InChI=1S/C13H23F2N3O2/c14-13(15,8-16)9-18-12(20)7-17-11(19)6-10-4-2-1-3-5-10/h10H,1-9,16H2,(H,17,19)(H,18,20). The summed E-state index contributed by atoms with van der Waals surface area (Å²) in [4.78, 5) is 22.9. The Hall–Kier alpha value is -1.24. The van der Waals surface area contributed by atoms with Crippen molar-refractivity contribution in [3.05, 3.63) is 0 Å². The van der Waals surface area contributed by atoms with Gasteiger partial charge in [0.2, 0.25) is 11.8 Å². The molecule has 0 heterocycles. The lowest BCUT2D eigenvalue weighted by Gasteiger charge is -2.20. The van der Waals surface area contributed by atoms with Crippen LogP contribution in [0.25, 0.3) is 0 Å².